The minimum Gasteiger partial charge on any atom is -0.484 e. The van der Waals surface area contributed by atoms with Crippen LogP contribution in [0.1, 0.15) is 25.8 Å². The summed E-state index contributed by atoms with van der Waals surface area (Å²) in [6, 6.07) is 4.70. The van der Waals surface area contributed by atoms with Gasteiger partial charge in [0, 0.05) is 19.6 Å². The summed E-state index contributed by atoms with van der Waals surface area (Å²) in [7, 11) is -3.53. The van der Waals surface area contributed by atoms with Crippen molar-refractivity contribution < 1.29 is 22.7 Å². The number of benzene rings is 1. The van der Waals surface area contributed by atoms with Crippen LogP contribution < -0.4 is 10.1 Å². The van der Waals surface area contributed by atoms with E-state index in [-0.39, 0.29) is 17.4 Å². The lowest BCUT2D eigenvalue weighted by atomic mass is 10.1. The predicted molar refractivity (Wildman–Crippen MR) is 98.7 cm³/mol. The van der Waals surface area contributed by atoms with E-state index in [0.717, 1.165) is 6.42 Å². The van der Waals surface area contributed by atoms with Gasteiger partial charge in [-0.15, -0.1) is 0 Å². The molecule has 1 N–H and O–H groups in total. The number of sulfonamides is 1. The van der Waals surface area contributed by atoms with Gasteiger partial charge < -0.3 is 14.8 Å². The summed E-state index contributed by atoms with van der Waals surface area (Å²) in [5.41, 5.74) is 0.675. The molecule has 1 amide bonds. The van der Waals surface area contributed by atoms with Crippen molar-refractivity contribution in [3.63, 3.8) is 0 Å². The molecule has 8 heteroatoms. The lowest BCUT2D eigenvalue weighted by Crippen LogP contribution is -2.40. The molecule has 7 nitrogen and oxygen atoms in total. The van der Waals surface area contributed by atoms with Crippen molar-refractivity contribution in [2.24, 2.45) is 5.92 Å². The first-order valence-corrected chi connectivity index (χ1v) is 10.3. The minimum atomic E-state index is -3.53. The van der Waals surface area contributed by atoms with Crippen molar-refractivity contribution in [1.29, 1.82) is 0 Å². The number of morpholine rings is 1. The van der Waals surface area contributed by atoms with Gasteiger partial charge in [0.2, 0.25) is 10.0 Å². The van der Waals surface area contributed by atoms with Crippen LogP contribution in [0.3, 0.4) is 0 Å². The fraction of sp³-hybridized carbons (Fsp3) is 0.611. The minimum absolute atomic E-state index is 0.0888. The SMILES string of the molecule is Cc1cc(S(=O)(=O)N2CCOCC2)ccc1OCC(=O)NCCC(C)C. The first-order valence-electron chi connectivity index (χ1n) is 8.88. The molecule has 1 aromatic carbocycles. The summed E-state index contributed by atoms with van der Waals surface area (Å²) in [4.78, 5) is 12.0. The fourth-order valence-electron chi connectivity index (χ4n) is 2.57. The summed E-state index contributed by atoms with van der Waals surface area (Å²) in [6.07, 6.45) is 0.916. The maximum atomic E-state index is 12.7. The molecule has 1 aromatic rings. The number of nitrogens with one attached hydrogen (secondary N) is 1. The molecule has 1 saturated heterocycles. The highest BCUT2D eigenvalue weighted by molar-refractivity contribution is 7.89. The van der Waals surface area contributed by atoms with E-state index in [9.17, 15) is 13.2 Å². The van der Waals surface area contributed by atoms with Crippen LogP contribution in [0.5, 0.6) is 5.75 Å². The van der Waals surface area contributed by atoms with Gasteiger partial charge in [-0.3, -0.25) is 4.79 Å². The number of hydrogen-bond donors (Lipinski definition) is 1. The lowest BCUT2D eigenvalue weighted by Gasteiger charge is -2.26. The first kappa shape index (κ1) is 20.7. The van der Waals surface area contributed by atoms with Crippen LogP contribution in [0.2, 0.25) is 0 Å². The number of carbonyl (C=O) groups excluding carboxylic acids is 1. The molecule has 26 heavy (non-hydrogen) atoms. The van der Waals surface area contributed by atoms with Gasteiger partial charge in [-0.1, -0.05) is 13.8 Å². The van der Waals surface area contributed by atoms with Gasteiger partial charge in [0.1, 0.15) is 5.75 Å². The third-order valence-electron chi connectivity index (χ3n) is 4.16. The average Bonchev–Trinajstić information content (AvgIpc) is 2.61. The van der Waals surface area contributed by atoms with Gasteiger partial charge >= 0.3 is 0 Å². The summed E-state index contributed by atoms with van der Waals surface area (Å²) >= 11 is 0. The quantitative estimate of drug-likeness (QED) is 0.735. The maximum Gasteiger partial charge on any atom is 0.257 e. The summed E-state index contributed by atoms with van der Waals surface area (Å²) in [5, 5.41) is 2.80. The zero-order valence-corrected chi connectivity index (χ0v) is 16.5. The maximum absolute atomic E-state index is 12.7. The van der Waals surface area contributed by atoms with Crippen LogP contribution in [0.25, 0.3) is 0 Å². The van der Waals surface area contributed by atoms with Gasteiger partial charge in [0.15, 0.2) is 6.61 Å². The van der Waals surface area contributed by atoms with E-state index >= 15 is 0 Å². The number of carbonyl (C=O) groups is 1. The molecule has 0 atom stereocenters. The van der Waals surface area contributed by atoms with E-state index in [2.05, 4.69) is 19.2 Å². The second-order valence-electron chi connectivity index (χ2n) is 6.76. The van der Waals surface area contributed by atoms with Crippen molar-refractivity contribution in [3.8, 4) is 5.75 Å². The molecule has 0 spiro atoms. The third kappa shape index (κ3) is 5.69. The molecule has 1 aliphatic rings. The lowest BCUT2D eigenvalue weighted by molar-refractivity contribution is -0.123. The Morgan fingerprint density at radius 1 is 1.31 bits per heavy atom. The standard InChI is InChI=1S/C18H28N2O5S/c1-14(2)6-7-19-18(21)13-25-17-5-4-16(12-15(17)3)26(22,23)20-8-10-24-11-9-20/h4-5,12,14H,6-11,13H2,1-3H3,(H,19,21). The van der Waals surface area contributed by atoms with E-state index in [1.165, 1.54) is 10.4 Å². The smallest absolute Gasteiger partial charge is 0.257 e. The Morgan fingerprint density at radius 2 is 2.00 bits per heavy atom. The monoisotopic (exact) mass is 384 g/mol. The molecular weight excluding hydrogens is 356 g/mol. The highest BCUT2D eigenvalue weighted by atomic mass is 32.2. The first-order chi connectivity index (χ1) is 12.3. The number of aryl methyl sites for hydroxylation is 1. The number of hydrogen-bond acceptors (Lipinski definition) is 5. The van der Waals surface area contributed by atoms with Crippen molar-refractivity contribution in [2.75, 3.05) is 39.5 Å². The van der Waals surface area contributed by atoms with Gasteiger partial charge in [-0.05, 0) is 43.0 Å². The van der Waals surface area contributed by atoms with Crippen LogP contribution in [0.15, 0.2) is 23.1 Å². The van der Waals surface area contributed by atoms with Gasteiger partial charge in [0.25, 0.3) is 5.91 Å². The molecule has 0 saturated carbocycles. The van der Waals surface area contributed by atoms with Crippen LogP contribution in [-0.4, -0.2) is 58.1 Å². The molecule has 1 fully saturated rings. The van der Waals surface area contributed by atoms with Gasteiger partial charge in [-0.25, -0.2) is 8.42 Å². The Kier molecular flexibility index (Phi) is 7.43. The predicted octanol–water partition coefficient (Wildman–Crippen LogP) is 1.56. The summed E-state index contributed by atoms with van der Waals surface area (Å²) < 4.78 is 37.5. The molecule has 2 rings (SSSR count). The van der Waals surface area contributed by atoms with E-state index < -0.39 is 10.0 Å². The van der Waals surface area contributed by atoms with Crippen LogP contribution in [-0.2, 0) is 19.6 Å². The molecule has 0 bridgehead atoms. The van der Waals surface area contributed by atoms with E-state index in [1.807, 2.05) is 0 Å². The molecule has 1 aliphatic heterocycles. The Labute approximate surface area is 155 Å². The normalized spacial score (nSPS) is 15.8. The number of amides is 1. The molecule has 1 heterocycles. The Bertz CT molecular complexity index is 712. The Morgan fingerprint density at radius 3 is 2.62 bits per heavy atom. The highest BCUT2D eigenvalue weighted by Crippen LogP contribution is 2.24. The van der Waals surface area contributed by atoms with Crippen molar-refractivity contribution in [3.05, 3.63) is 23.8 Å². The highest BCUT2D eigenvalue weighted by Gasteiger charge is 2.26. The topological polar surface area (TPSA) is 84.9 Å². The van der Waals surface area contributed by atoms with Crippen molar-refractivity contribution >= 4 is 15.9 Å². The van der Waals surface area contributed by atoms with Gasteiger partial charge in [0.05, 0.1) is 18.1 Å². The van der Waals surface area contributed by atoms with Crippen molar-refractivity contribution in [1.82, 2.24) is 9.62 Å². The molecule has 0 aromatic heterocycles. The number of rotatable bonds is 8. The largest absolute Gasteiger partial charge is 0.484 e. The third-order valence-corrected chi connectivity index (χ3v) is 6.05. The molecule has 0 radical (unpaired) electrons. The molecule has 0 aliphatic carbocycles. The second-order valence-corrected chi connectivity index (χ2v) is 8.70. The van der Waals surface area contributed by atoms with Gasteiger partial charge in [-0.2, -0.15) is 4.31 Å². The molecule has 0 unspecified atom stereocenters. The summed E-state index contributed by atoms with van der Waals surface area (Å²) in [5.74, 6) is 0.847. The van der Waals surface area contributed by atoms with Crippen LogP contribution in [0.4, 0.5) is 0 Å². The summed E-state index contributed by atoms with van der Waals surface area (Å²) in [6.45, 7) is 8.02. The van der Waals surface area contributed by atoms with Crippen molar-refractivity contribution in [2.45, 2.75) is 32.1 Å². The number of ether oxygens (including phenoxy) is 2. The van der Waals surface area contributed by atoms with Crippen LogP contribution >= 0.6 is 0 Å². The second kappa shape index (κ2) is 9.34. The molecule has 146 valence electrons. The van der Waals surface area contributed by atoms with E-state index in [1.54, 1.807) is 19.1 Å². The average molecular weight is 384 g/mol. The zero-order chi connectivity index (χ0) is 19.2. The van der Waals surface area contributed by atoms with E-state index in [0.29, 0.717) is 50.1 Å². The van der Waals surface area contributed by atoms with E-state index in [4.69, 9.17) is 9.47 Å². The number of nitrogens with zero attached hydrogens (tertiary/aromatic N) is 1. The zero-order valence-electron chi connectivity index (χ0n) is 15.7. The fourth-order valence-corrected chi connectivity index (χ4v) is 4.07. The Hall–Kier alpha value is -1.64. The van der Waals surface area contributed by atoms with Crippen LogP contribution in [0, 0.1) is 12.8 Å². The molecular formula is C18H28N2O5S. The Balaban J connectivity index is 1.95.